The second-order valence-corrected chi connectivity index (χ2v) is 4.72. The van der Waals surface area contributed by atoms with E-state index < -0.39 is 0 Å². The van der Waals surface area contributed by atoms with Gasteiger partial charge in [0.25, 0.3) is 0 Å². The van der Waals surface area contributed by atoms with Crippen LogP contribution in [0.15, 0.2) is 18.2 Å². The zero-order valence-electron chi connectivity index (χ0n) is 8.87. The SMILES string of the molecule is Cc1cc(Cl)ccc1[C@@H](N)CC1CC1.Cl. The van der Waals surface area contributed by atoms with Crippen LogP contribution in [0, 0.1) is 12.8 Å². The average molecular weight is 246 g/mol. The van der Waals surface area contributed by atoms with Gasteiger partial charge in [0.1, 0.15) is 0 Å². The molecule has 1 aliphatic rings. The summed E-state index contributed by atoms with van der Waals surface area (Å²) in [6, 6.07) is 6.17. The lowest BCUT2D eigenvalue weighted by atomic mass is 9.98. The third-order valence-electron chi connectivity index (χ3n) is 2.92. The van der Waals surface area contributed by atoms with Crippen LogP contribution in [0.2, 0.25) is 5.02 Å². The van der Waals surface area contributed by atoms with Crippen molar-refractivity contribution in [2.24, 2.45) is 11.7 Å². The molecule has 0 radical (unpaired) electrons. The number of hydrogen-bond donors (Lipinski definition) is 1. The number of aryl methyl sites for hydroxylation is 1. The molecule has 0 aliphatic heterocycles. The summed E-state index contributed by atoms with van der Waals surface area (Å²) in [7, 11) is 0. The molecule has 1 fully saturated rings. The maximum absolute atomic E-state index is 6.14. The van der Waals surface area contributed by atoms with Gasteiger partial charge in [-0.2, -0.15) is 0 Å². The topological polar surface area (TPSA) is 26.0 Å². The van der Waals surface area contributed by atoms with Gasteiger partial charge < -0.3 is 5.73 Å². The van der Waals surface area contributed by atoms with Crippen molar-refractivity contribution in [1.82, 2.24) is 0 Å². The summed E-state index contributed by atoms with van der Waals surface area (Å²) in [6.07, 6.45) is 3.85. The number of rotatable bonds is 3. The van der Waals surface area contributed by atoms with Gasteiger partial charge in [-0.15, -0.1) is 12.4 Å². The zero-order valence-corrected chi connectivity index (χ0v) is 10.4. The Hall–Kier alpha value is -0.240. The predicted molar refractivity (Wildman–Crippen MR) is 67.7 cm³/mol. The fraction of sp³-hybridized carbons (Fsp3) is 0.500. The van der Waals surface area contributed by atoms with E-state index in [1.807, 2.05) is 12.1 Å². The van der Waals surface area contributed by atoms with Crippen LogP contribution in [-0.2, 0) is 0 Å². The van der Waals surface area contributed by atoms with Gasteiger partial charge in [-0.25, -0.2) is 0 Å². The highest BCUT2D eigenvalue weighted by Gasteiger charge is 2.24. The van der Waals surface area contributed by atoms with Crippen LogP contribution in [0.1, 0.15) is 36.4 Å². The highest BCUT2D eigenvalue weighted by atomic mass is 35.5. The summed E-state index contributed by atoms with van der Waals surface area (Å²) in [5, 5.41) is 0.796. The number of hydrogen-bond acceptors (Lipinski definition) is 1. The van der Waals surface area contributed by atoms with E-state index in [1.54, 1.807) is 0 Å². The molecule has 0 heterocycles. The summed E-state index contributed by atoms with van der Waals surface area (Å²) >= 11 is 5.90. The van der Waals surface area contributed by atoms with E-state index in [-0.39, 0.29) is 18.4 Å². The van der Waals surface area contributed by atoms with Gasteiger partial charge in [0, 0.05) is 11.1 Å². The molecule has 0 bridgehead atoms. The maximum Gasteiger partial charge on any atom is 0.0408 e. The Morgan fingerprint density at radius 1 is 1.47 bits per heavy atom. The lowest BCUT2D eigenvalue weighted by Gasteiger charge is -2.14. The Bertz CT molecular complexity index is 334. The van der Waals surface area contributed by atoms with Crippen molar-refractivity contribution in [3.63, 3.8) is 0 Å². The standard InChI is InChI=1S/C12H16ClN.ClH/c1-8-6-10(13)4-5-11(8)12(14)7-9-2-3-9;/h4-6,9,12H,2-3,7,14H2,1H3;1H/t12-;/m0./s1. The Balaban J connectivity index is 0.00000112. The van der Waals surface area contributed by atoms with Crippen molar-refractivity contribution < 1.29 is 0 Å². The van der Waals surface area contributed by atoms with Crippen molar-refractivity contribution in [1.29, 1.82) is 0 Å². The van der Waals surface area contributed by atoms with Crippen LogP contribution >= 0.6 is 24.0 Å². The highest BCUT2D eigenvalue weighted by Crippen LogP contribution is 2.37. The second kappa shape index (κ2) is 5.20. The smallest absolute Gasteiger partial charge is 0.0408 e. The Morgan fingerprint density at radius 3 is 2.67 bits per heavy atom. The zero-order chi connectivity index (χ0) is 10.1. The molecule has 84 valence electrons. The third kappa shape index (κ3) is 3.37. The average Bonchev–Trinajstić information content (AvgIpc) is 2.87. The molecule has 1 aromatic rings. The van der Waals surface area contributed by atoms with Gasteiger partial charge in [0.2, 0.25) is 0 Å². The van der Waals surface area contributed by atoms with Crippen LogP contribution in [0.4, 0.5) is 0 Å². The molecule has 15 heavy (non-hydrogen) atoms. The van der Waals surface area contributed by atoms with Gasteiger partial charge in [-0.3, -0.25) is 0 Å². The van der Waals surface area contributed by atoms with Crippen LogP contribution in [0.25, 0.3) is 0 Å². The van der Waals surface area contributed by atoms with Gasteiger partial charge in [-0.1, -0.05) is 30.5 Å². The monoisotopic (exact) mass is 245 g/mol. The number of nitrogens with two attached hydrogens (primary N) is 1. The van der Waals surface area contributed by atoms with E-state index in [9.17, 15) is 0 Å². The van der Waals surface area contributed by atoms with Gasteiger partial charge in [0.15, 0.2) is 0 Å². The quantitative estimate of drug-likeness (QED) is 0.860. The molecule has 1 atom stereocenters. The summed E-state index contributed by atoms with van der Waals surface area (Å²) in [4.78, 5) is 0. The second-order valence-electron chi connectivity index (χ2n) is 4.29. The third-order valence-corrected chi connectivity index (χ3v) is 3.15. The molecule has 0 aromatic heterocycles. The molecule has 0 unspecified atom stereocenters. The van der Waals surface area contributed by atoms with Crippen LogP contribution in [-0.4, -0.2) is 0 Å². The van der Waals surface area contributed by atoms with Gasteiger partial charge in [-0.05, 0) is 42.5 Å². The van der Waals surface area contributed by atoms with Crippen molar-refractivity contribution in [2.45, 2.75) is 32.2 Å². The normalized spacial score (nSPS) is 17.0. The molecule has 2 N–H and O–H groups in total. The fourth-order valence-corrected chi connectivity index (χ4v) is 2.12. The Labute approximate surface area is 102 Å². The predicted octanol–water partition coefficient (Wildman–Crippen LogP) is 3.87. The minimum absolute atomic E-state index is 0. The van der Waals surface area contributed by atoms with Crippen molar-refractivity contribution >= 4 is 24.0 Å². The first-order valence-electron chi connectivity index (χ1n) is 5.18. The molecule has 2 rings (SSSR count). The lowest BCUT2D eigenvalue weighted by molar-refractivity contribution is 0.594. The molecule has 1 saturated carbocycles. The van der Waals surface area contributed by atoms with Gasteiger partial charge >= 0.3 is 0 Å². The molecular weight excluding hydrogens is 229 g/mol. The first-order valence-corrected chi connectivity index (χ1v) is 5.56. The molecule has 0 saturated heterocycles. The lowest BCUT2D eigenvalue weighted by Crippen LogP contribution is -2.12. The number of halogens is 2. The first-order chi connectivity index (χ1) is 6.66. The van der Waals surface area contributed by atoms with Crippen molar-refractivity contribution in [3.8, 4) is 0 Å². The minimum atomic E-state index is 0. The van der Waals surface area contributed by atoms with Crippen LogP contribution < -0.4 is 5.73 Å². The minimum Gasteiger partial charge on any atom is -0.324 e. The summed E-state index contributed by atoms with van der Waals surface area (Å²) in [6.45, 7) is 2.08. The molecule has 1 aromatic carbocycles. The Morgan fingerprint density at radius 2 is 2.13 bits per heavy atom. The van der Waals surface area contributed by atoms with Crippen LogP contribution in [0.3, 0.4) is 0 Å². The van der Waals surface area contributed by atoms with Crippen molar-refractivity contribution in [2.75, 3.05) is 0 Å². The molecule has 3 heteroatoms. The van der Waals surface area contributed by atoms with Crippen LogP contribution in [0.5, 0.6) is 0 Å². The maximum atomic E-state index is 6.14. The van der Waals surface area contributed by atoms with E-state index >= 15 is 0 Å². The molecule has 1 aliphatic carbocycles. The fourth-order valence-electron chi connectivity index (χ4n) is 1.89. The summed E-state index contributed by atoms with van der Waals surface area (Å²) in [5.74, 6) is 0.875. The summed E-state index contributed by atoms with van der Waals surface area (Å²) in [5.41, 5.74) is 8.61. The number of benzene rings is 1. The highest BCUT2D eigenvalue weighted by molar-refractivity contribution is 6.30. The molecule has 1 nitrogen and oxygen atoms in total. The van der Waals surface area contributed by atoms with E-state index in [0.717, 1.165) is 17.4 Å². The Kier molecular flexibility index (Phi) is 4.45. The van der Waals surface area contributed by atoms with E-state index in [4.69, 9.17) is 17.3 Å². The van der Waals surface area contributed by atoms with E-state index in [0.29, 0.717) is 0 Å². The largest absolute Gasteiger partial charge is 0.324 e. The summed E-state index contributed by atoms with van der Waals surface area (Å²) < 4.78 is 0. The molecule has 0 spiro atoms. The molecular formula is C12H17Cl2N. The first kappa shape index (κ1) is 12.8. The van der Waals surface area contributed by atoms with E-state index in [2.05, 4.69) is 13.0 Å². The van der Waals surface area contributed by atoms with E-state index in [1.165, 1.54) is 24.0 Å². The van der Waals surface area contributed by atoms with Crippen molar-refractivity contribution in [3.05, 3.63) is 34.3 Å². The molecule has 0 amide bonds. The van der Waals surface area contributed by atoms with Gasteiger partial charge in [0.05, 0.1) is 0 Å².